The Hall–Kier alpha value is -1.19. The van der Waals surface area contributed by atoms with Gasteiger partial charge in [-0.2, -0.15) is 0 Å². The van der Waals surface area contributed by atoms with Crippen LogP contribution in [0.1, 0.15) is 12.0 Å². The van der Waals surface area contributed by atoms with Gasteiger partial charge in [-0.25, -0.2) is 0 Å². The molecule has 0 spiro atoms. The Balaban J connectivity index is 2.41. The third-order valence-electron chi connectivity index (χ3n) is 2.33. The van der Waals surface area contributed by atoms with Crippen molar-refractivity contribution in [1.82, 2.24) is 5.32 Å². The number of hydrogen-bond donors (Lipinski definition) is 2. The summed E-state index contributed by atoms with van der Waals surface area (Å²) in [5, 5.41) is 2.94. The number of carbonyl (C=O) groups excluding carboxylic acids is 1. The van der Waals surface area contributed by atoms with Crippen LogP contribution in [0.15, 0.2) is 30.3 Å². The summed E-state index contributed by atoms with van der Waals surface area (Å²) in [4.78, 5) is 11.5. The molecule has 0 unspecified atom stereocenters. The van der Waals surface area contributed by atoms with Crippen LogP contribution in [0.25, 0.3) is 0 Å². The normalized spacial score (nSPS) is 12.4. The highest BCUT2D eigenvalue weighted by atomic mass is 16.1. The van der Waals surface area contributed by atoms with Crippen LogP contribution in [0.5, 0.6) is 0 Å². The summed E-state index contributed by atoms with van der Waals surface area (Å²) in [5.74, 6) is 0.119. The fourth-order valence-corrected chi connectivity index (χ4v) is 1.42. The lowest BCUT2D eigenvalue weighted by atomic mass is 10.0. The summed E-state index contributed by atoms with van der Waals surface area (Å²) in [6.07, 6.45) is 1.13. The zero-order chi connectivity index (χ0) is 11.1. The van der Waals surface area contributed by atoms with E-state index in [1.165, 1.54) is 0 Å². The van der Waals surface area contributed by atoms with Crippen LogP contribution in [-0.4, -0.2) is 25.4 Å². The summed E-state index contributed by atoms with van der Waals surface area (Å²) in [6.45, 7) is 0.696. The fraction of sp³-hybridized carbons (Fsp3) is 0.417. The Morgan fingerprint density at radius 1 is 1.40 bits per heavy atom. The number of hydrogen-bond acceptors (Lipinski definition) is 3. The first-order chi connectivity index (χ1) is 7.24. The predicted octanol–water partition coefficient (Wildman–Crippen LogP) is 0.735. The van der Waals surface area contributed by atoms with Crippen LogP contribution >= 0.6 is 0 Å². The molecule has 3 heteroatoms. The molecule has 0 aromatic heterocycles. The van der Waals surface area contributed by atoms with Crippen LogP contribution in [0.3, 0.4) is 0 Å². The van der Waals surface area contributed by atoms with Gasteiger partial charge in [-0.05, 0) is 19.0 Å². The second-order valence-electron chi connectivity index (χ2n) is 3.62. The molecule has 0 aliphatic rings. The monoisotopic (exact) mass is 206 g/mol. The van der Waals surface area contributed by atoms with E-state index in [-0.39, 0.29) is 11.8 Å². The molecule has 0 fully saturated rings. The molecule has 1 aromatic carbocycles. The van der Waals surface area contributed by atoms with Gasteiger partial charge in [0.2, 0.25) is 0 Å². The summed E-state index contributed by atoms with van der Waals surface area (Å²) in [6, 6.07) is 9.48. The van der Waals surface area contributed by atoms with E-state index < -0.39 is 0 Å². The van der Waals surface area contributed by atoms with Crippen LogP contribution < -0.4 is 11.1 Å². The van der Waals surface area contributed by atoms with Gasteiger partial charge in [0, 0.05) is 13.0 Å². The van der Waals surface area contributed by atoms with Crippen LogP contribution in [-0.2, 0) is 11.2 Å². The van der Waals surface area contributed by atoms with Crippen molar-refractivity contribution in [2.24, 2.45) is 5.73 Å². The maximum absolute atomic E-state index is 11.5. The van der Waals surface area contributed by atoms with Crippen molar-refractivity contribution in [3.8, 4) is 0 Å². The molecule has 3 N–H and O–H groups in total. The highest BCUT2D eigenvalue weighted by molar-refractivity contribution is 5.84. The van der Waals surface area contributed by atoms with E-state index >= 15 is 0 Å². The van der Waals surface area contributed by atoms with E-state index in [0.29, 0.717) is 19.4 Å². The van der Waals surface area contributed by atoms with E-state index in [1.807, 2.05) is 37.4 Å². The molecule has 1 rings (SSSR count). The van der Waals surface area contributed by atoms with Gasteiger partial charge >= 0.3 is 0 Å². The van der Waals surface area contributed by atoms with Crippen molar-refractivity contribution >= 4 is 5.78 Å². The average molecular weight is 206 g/mol. The molecule has 0 saturated carbocycles. The highest BCUT2D eigenvalue weighted by Gasteiger charge is 2.12. The van der Waals surface area contributed by atoms with Gasteiger partial charge in [-0.15, -0.1) is 0 Å². The summed E-state index contributed by atoms with van der Waals surface area (Å²) >= 11 is 0. The SMILES string of the molecule is CNCCC(=O)[C@H](N)Cc1ccccc1. The molecule has 82 valence electrons. The smallest absolute Gasteiger partial charge is 0.151 e. The van der Waals surface area contributed by atoms with Gasteiger partial charge in [-0.3, -0.25) is 4.79 Å². The minimum Gasteiger partial charge on any atom is -0.321 e. The van der Waals surface area contributed by atoms with E-state index in [4.69, 9.17) is 5.73 Å². The van der Waals surface area contributed by atoms with Crippen molar-refractivity contribution in [1.29, 1.82) is 0 Å². The van der Waals surface area contributed by atoms with Crippen molar-refractivity contribution in [2.75, 3.05) is 13.6 Å². The largest absolute Gasteiger partial charge is 0.321 e. The summed E-state index contributed by atoms with van der Waals surface area (Å²) in [7, 11) is 1.83. The van der Waals surface area contributed by atoms with Gasteiger partial charge < -0.3 is 11.1 Å². The number of Topliss-reactive ketones (excluding diaryl/α,β-unsaturated/α-hetero) is 1. The topological polar surface area (TPSA) is 55.1 Å². The molecule has 3 nitrogen and oxygen atoms in total. The Morgan fingerprint density at radius 2 is 2.07 bits per heavy atom. The molecule has 1 atom stereocenters. The first-order valence-electron chi connectivity index (χ1n) is 5.21. The summed E-state index contributed by atoms with van der Waals surface area (Å²) in [5.41, 5.74) is 6.93. The molecular weight excluding hydrogens is 188 g/mol. The summed E-state index contributed by atoms with van der Waals surface area (Å²) < 4.78 is 0. The van der Waals surface area contributed by atoms with Crippen LogP contribution in [0, 0.1) is 0 Å². The van der Waals surface area contributed by atoms with Crippen molar-refractivity contribution in [2.45, 2.75) is 18.9 Å². The minimum absolute atomic E-state index is 0.119. The Bertz CT molecular complexity index is 298. The molecule has 0 bridgehead atoms. The fourth-order valence-electron chi connectivity index (χ4n) is 1.42. The molecule has 0 saturated heterocycles. The number of nitrogens with one attached hydrogen (secondary N) is 1. The number of nitrogens with two attached hydrogens (primary N) is 1. The maximum atomic E-state index is 11.5. The Labute approximate surface area is 90.7 Å². The van der Waals surface area contributed by atoms with Crippen molar-refractivity contribution in [3.63, 3.8) is 0 Å². The maximum Gasteiger partial charge on any atom is 0.151 e. The lowest BCUT2D eigenvalue weighted by molar-refractivity contribution is -0.120. The van der Waals surface area contributed by atoms with Gasteiger partial charge in [-0.1, -0.05) is 30.3 Å². The van der Waals surface area contributed by atoms with Gasteiger partial charge in [0.05, 0.1) is 6.04 Å². The second-order valence-corrected chi connectivity index (χ2v) is 3.62. The molecule has 0 aliphatic carbocycles. The van der Waals surface area contributed by atoms with Crippen LogP contribution in [0.4, 0.5) is 0 Å². The molecule has 0 amide bonds. The van der Waals surface area contributed by atoms with Gasteiger partial charge in [0.1, 0.15) is 0 Å². The quantitative estimate of drug-likeness (QED) is 0.721. The molecule has 0 aliphatic heterocycles. The zero-order valence-corrected chi connectivity index (χ0v) is 9.07. The van der Waals surface area contributed by atoms with Crippen molar-refractivity contribution < 1.29 is 4.79 Å². The van der Waals surface area contributed by atoms with E-state index in [0.717, 1.165) is 5.56 Å². The molecule has 1 aromatic rings. The molecule has 0 heterocycles. The lowest BCUT2D eigenvalue weighted by Gasteiger charge is -2.10. The number of carbonyl (C=O) groups is 1. The highest BCUT2D eigenvalue weighted by Crippen LogP contribution is 2.03. The minimum atomic E-state index is -0.374. The second kappa shape index (κ2) is 6.32. The van der Waals surface area contributed by atoms with E-state index in [9.17, 15) is 4.79 Å². The van der Waals surface area contributed by atoms with E-state index in [1.54, 1.807) is 0 Å². The average Bonchev–Trinajstić information content (AvgIpc) is 2.27. The number of rotatable bonds is 6. The Kier molecular flexibility index (Phi) is 5.01. The van der Waals surface area contributed by atoms with Gasteiger partial charge in [0.25, 0.3) is 0 Å². The number of ketones is 1. The number of benzene rings is 1. The lowest BCUT2D eigenvalue weighted by Crippen LogP contribution is -2.34. The standard InChI is InChI=1S/C12H18N2O/c1-14-8-7-12(15)11(13)9-10-5-3-2-4-6-10/h2-6,11,14H,7-9,13H2,1H3/t11-/m1/s1. The third-order valence-corrected chi connectivity index (χ3v) is 2.33. The van der Waals surface area contributed by atoms with Crippen molar-refractivity contribution in [3.05, 3.63) is 35.9 Å². The molecule has 0 radical (unpaired) electrons. The first-order valence-corrected chi connectivity index (χ1v) is 5.21. The zero-order valence-electron chi connectivity index (χ0n) is 9.07. The van der Waals surface area contributed by atoms with Gasteiger partial charge in [0.15, 0.2) is 5.78 Å². The van der Waals surface area contributed by atoms with E-state index in [2.05, 4.69) is 5.32 Å². The Morgan fingerprint density at radius 3 is 2.67 bits per heavy atom. The predicted molar refractivity (Wildman–Crippen MR) is 61.7 cm³/mol. The first kappa shape index (κ1) is 11.9. The molecule has 15 heavy (non-hydrogen) atoms. The third kappa shape index (κ3) is 4.23. The van der Waals surface area contributed by atoms with Crippen LogP contribution in [0.2, 0.25) is 0 Å². The molecular formula is C12H18N2O.